The Kier molecular flexibility index (Phi) is 4.61. The predicted octanol–water partition coefficient (Wildman–Crippen LogP) is 3.08. The van der Waals surface area contributed by atoms with Gasteiger partial charge in [-0.2, -0.15) is 0 Å². The van der Waals surface area contributed by atoms with Crippen LogP contribution in [0.5, 0.6) is 0 Å². The van der Waals surface area contributed by atoms with Gasteiger partial charge in [0.25, 0.3) is 0 Å². The molecule has 22 heavy (non-hydrogen) atoms. The molecular formula is C16H18FNO2S2. The normalized spacial score (nSPS) is 20.5. The SMILES string of the molecule is O=S1(=O)CC[C@H](N(Cc2cccs2)Cc2ccccc2F)C1. The van der Waals surface area contributed by atoms with E-state index in [4.69, 9.17) is 0 Å². The molecule has 1 aromatic heterocycles. The van der Waals surface area contributed by atoms with E-state index in [1.54, 1.807) is 23.5 Å². The van der Waals surface area contributed by atoms with Crippen molar-refractivity contribution in [2.24, 2.45) is 0 Å². The Balaban J connectivity index is 1.81. The molecule has 1 aliphatic rings. The molecule has 1 aliphatic heterocycles. The third-order valence-electron chi connectivity index (χ3n) is 4.00. The lowest BCUT2D eigenvalue weighted by Crippen LogP contribution is -2.35. The van der Waals surface area contributed by atoms with Crippen molar-refractivity contribution in [3.05, 3.63) is 58.0 Å². The van der Waals surface area contributed by atoms with Crippen LogP contribution in [0.15, 0.2) is 41.8 Å². The summed E-state index contributed by atoms with van der Waals surface area (Å²) in [6.45, 7) is 1.09. The van der Waals surface area contributed by atoms with E-state index in [-0.39, 0.29) is 23.4 Å². The molecule has 0 spiro atoms. The van der Waals surface area contributed by atoms with E-state index in [2.05, 4.69) is 4.90 Å². The van der Waals surface area contributed by atoms with Crippen molar-refractivity contribution in [1.29, 1.82) is 0 Å². The largest absolute Gasteiger partial charge is 0.290 e. The summed E-state index contributed by atoms with van der Waals surface area (Å²) in [4.78, 5) is 3.26. The fourth-order valence-corrected chi connectivity index (χ4v) is 5.32. The predicted molar refractivity (Wildman–Crippen MR) is 87.0 cm³/mol. The van der Waals surface area contributed by atoms with Gasteiger partial charge in [-0.05, 0) is 23.9 Å². The maximum absolute atomic E-state index is 13.9. The zero-order valence-corrected chi connectivity index (χ0v) is 13.7. The van der Waals surface area contributed by atoms with Gasteiger partial charge in [0.1, 0.15) is 5.82 Å². The zero-order chi connectivity index (χ0) is 15.6. The molecule has 0 N–H and O–H groups in total. The van der Waals surface area contributed by atoms with Crippen molar-refractivity contribution in [2.75, 3.05) is 11.5 Å². The number of halogens is 1. The number of sulfone groups is 1. The van der Waals surface area contributed by atoms with Crippen molar-refractivity contribution < 1.29 is 12.8 Å². The lowest BCUT2D eigenvalue weighted by molar-refractivity contribution is 0.193. The highest BCUT2D eigenvalue weighted by Crippen LogP contribution is 2.24. The van der Waals surface area contributed by atoms with Gasteiger partial charge >= 0.3 is 0 Å². The van der Waals surface area contributed by atoms with Gasteiger partial charge in [-0.3, -0.25) is 4.90 Å². The van der Waals surface area contributed by atoms with Crippen LogP contribution in [0.2, 0.25) is 0 Å². The van der Waals surface area contributed by atoms with Crippen LogP contribution in [0.25, 0.3) is 0 Å². The van der Waals surface area contributed by atoms with Crippen molar-refractivity contribution >= 4 is 21.2 Å². The molecule has 1 atom stereocenters. The van der Waals surface area contributed by atoms with Crippen LogP contribution >= 0.6 is 11.3 Å². The van der Waals surface area contributed by atoms with E-state index in [0.29, 0.717) is 25.1 Å². The molecule has 1 fully saturated rings. The molecule has 3 rings (SSSR count). The van der Waals surface area contributed by atoms with E-state index < -0.39 is 9.84 Å². The van der Waals surface area contributed by atoms with Crippen molar-refractivity contribution in [1.82, 2.24) is 4.90 Å². The number of rotatable bonds is 5. The molecule has 0 unspecified atom stereocenters. The number of benzene rings is 1. The quantitative estimate of drug-likeness (QED) is 0.840. The summed E-state index contributed by atoms with van der Waals surface area (Å²) in [5.74, 6) is 0.169. The fourth-order valence-electron chi connectivity index (χ4n) is 2.83. The van der Waals surface area contributed by atoms with Gasteiger partial charge in [0, 0.05) is 29.6 Å². The number of hydrogen-bond donors (Lipinski definition) is 0. The molecule has 2 heterocycles. The Morgan fingerprint density at radius 2 is 2.00 bits per heavy atom. The highest BCUT2D eigenvalue weighted by Gasteiger charge is 2.32. The first-order valence-corrected chi connectivity index (χ1v) is 9.94. The van der Waals surface area contributed by atoms with Crippen molar-refractivity contribution in [3.63, 3.8) is 0 Å². The van der Waals surface area contributed by atoms with Gasteiger partial charge in [-0.15, -0.1) is 11.3 Å². The third-order valence-corrected chi connectivity index (χ3v) is 6.61. The Labute approximate surface area is 134 Å². The second kappa shape index (κ2) is 6.48. The minimum Gasteiger partial charge on any atom is -0.290 e. The summed E-state index contributed by atoms with van der Waals surface area (Å²) >= 11 is 1.64. The standard InChI is InChI=1S/C16H18FNO2S2/c17-16-6-2-1-4-13(16)10-18(11-15-5-3-8-21-15)14-7-9-22(19,20)12-14/h1-6,8,14H,7,9-12H2/t14-/m0/s1. The molecule has 1 aromatic carbocycles. The Morgan fingerprint density at radius 3 is 2.64 bits per heavy atom. The first-order valence-electron chi connectivity index (χ1n) is 7.24. The summed E-state index contributed by atoms with van der Waals surface area (Å²) < 4.78 is 37.5. The van der Waals surface area contributed by atoms with Gasteiger partial charge < -0.3 is 0 Å². The Hall–Kier alpha value is -1.24. The van der Waals surface area contributed by atoms with Crippen molar-refractivity contribution in [2.45, 2.75) is 25.6 Å². The molecule has 0 amide bonds. The summed E-state index contributed by atoms with van der Waals surface area (Å²) in [5.41, 5.74) is 0.614. The van der Waals surface area contributed by atoms with Crippen LogP contribution in [0, 0.1) is 5.82 Å². The van der Waals surface area contributed by atoms with E-state index in [9.17, 15) is 12.8 Å². The molecule has 0 aliphatic carbocycles. The summed E-state index contributed by atoms with van der Waals surface area (Å²) in [5, 5.41) is 2.00. The summed E-state index contributed by atoms with van der Waals surface area (Å²) in [6.07, 6.45) is 0.627. The van der Waals surface area contributed by atoms with Gasteiger partial charge in [-0.1, -0.05) is 24.3 Å². The van der Waals surface area contributed by atoms with E-state index in [0.717, 1.165) is 0 Å². The molecule has 6 heteroatoms. The lowest BCUT2D eigenvalue weighted by Gasteiger charge is -2.27. The Morgan fingerprint density at radius 1 is 1.18 bits per heavy atom. The maximum Gasteiger partial charge on any atom is 0.151 e. The van der Waals surface area contributed by atoms with E-state index >= 15 is 0 Å². The Bertz CT molecular complexity index is 728. The second-order valence-electron chi connectivity index (χ2n) is 5.63. The molecule has 0 saturated carbocycles. The van der Waals surface area contributed by atoms with Crippen LogP contribution in [0.4, 0.5) is 4.39 Å². The average Bonchev–Trinajstić information content (AvgIpc) is 3.10. The van der Waals surface area contributed by atoms with Gasteiger partial charge in [0.15, 0.2) is 9.84 Å². The number of thiophene rings is 1. The first-order chi connectivity index (χ1) is 10.5. The maximum atomic E-state index is 13.9. The van der Waals surface area contributed by atoms with Crippen LogP contribution in [-0.4, -0.2) is 30.9 Å². The number of hydrogen-bond acceptors (Lipinski definition) is 4. The highest BCUT2D eigenvalue weighted by atomic mass is 32.2. The van der Waals surface area contributed by atoms with Crippen LogP contribution in [-0.2, 0) is 22.9 Å². The van der Waals surface area contributed by atoms with Crippen LogP contribution in [0.1, 0.15) is 16.9 Å². The average molecular weight is 339 g/mol. The van der Waals surface area contributed by atoms with Gasteiger partial charge in [0.2, 0.25) is 0 Å². The van der Waals surface area contributed by atoms with Crippen molar-refractivity contribution in [3.8, 4) is 0 Å². The topological polar surface area (TPSA) is 37.4 Å². The summed E-state index contributed by atoms with van der Waals surface area (Å²) in [7, 11) is -2.95. The van der Waals surface area contributed by atoms with Crippen LogP contribution < -0.4 is 0 Å². The smallest absolute Gasteiger partial charge is 0.151 e. The molecule has 1 saturated heterocycles. The molecule has 0 radical (unpaired) electrons. The molecule has 0 bridgehead atoms. The lowest BCUT2D eigenvalue weighted by atomic mass is 10.1. The molecule has 118 valence electrons. The van der Waals surface area contributed by atoms with E-state index in [1.165, 1.54) is 10.9 Å². The van der Waals surface area contributed by atoms with Crippen LogP contribution in [0.3, 0.4) is 0 Å². The first kappa shape index (κ1) is 15.6. The minimum absolute atomic E-state index is 0.0355. The third kappa shape index (κ3) is 3.74. The second-order valence-corrected chi connectivity index (χ2v) is 8.89. The van der Waals surface area contributed by atoms with Gasteiger partial charge in [-0.25, -0.2) is 12.8 Å². The number of nitrogens with zero attached hydrogens (tertiary/aromatic N) is 1. The molecular weight excluding hydrogens is 321 g/mol. The summed E-state index contributed by atoms with van der Waals surface area (Å²) in [6, 6.07) is 10.7. The minimum atomic E-state index is -2.95. The van der Waals surface area contributed by atoms with Gasteiger partial charge in [0.05, 0.1) is 11.5 Å². The monoisotopic (exact) mass is 339 g/mol. The molecule has 3 nitrogen and oxygen atoms in total. The fraction of sp³-hybridized carbons (Fsp3) is 0.375. The molecule has 2 aromatic rings. The zero-order valence-electron chi connectivity index (χ0n) is 12.1. The highest BCUT2D eigenvalue weighted by molar-refractivity contribution is 7.91. The van der Waals surface area contributed by atoms with E-state index in [1.807, 2.05) is 23.6 Å².